The van der Waals surface area contributed by atoms with E-state index in [1.807, 2.05) is 13.0 Å². The topological polar surface area (TPSA) is 113 Å². The molecule has 1 saturated heterocycles. The first-order chi connectivity index (χ1) is 13.3. The maximum absolute atomic E-state index is 11.5. The first-order valence-corrected chi connectivity index (χ1v) is 9.20. The van der Waals surface area contributed by atoms with Gasteiger partial charge >= 0.3 is 0 Å². The van der Waals surface area contributed by atoms with Gasteiger partial charge in [0, 0.05) is 44.2 Å². The molecule has 0 spiro atoms. The van der Waals surface area contributed by atoms with Crippen LogP contribution in [0.1, 0.15) is 41.5 Å². The van der Waals surface area contributed by atoms with Crippen LogP contribution >= 0.6 is 0 Å². The molecule has 2 amide bonds. The number of aromatic nitrogens is 2. The molecular weight excluding hydrogens is 358 g/mol. The van der Waals surface area contributed by atoms with E-state index in [9.17, 15) is 9.59 Å². The molecule has 1 unspecified atom stereocenters. The van der Waals surface area contributed by atoms with Gasteiger partial charge < -0.3 is 21.1 Å². The summed E-state index contributed by atoms with van der Waals surface area (Å²) in [6, 6.07) is 0. The third-order valence-electron chi connectivity index (χ3n) is 4.74. The summed E-state index contributed by atoms with van der Waals surface area (Å²) in [6.07, 6.45) is 8.65. The molecule has 8 nitrogen and oxygen atoms in total. The summed E-state index contributed by atoms with van der Waals surface area (Å²) in [7, 11) is 1.69. The van der Waals surface area contributed by atoms with Crippen LogP contribution in [-0.4, -0.2) is 57.8 Å². The molecule has 0 aromatic carbocycles. The number of hydrogen-bond donors (Lipinski definition) is 3. The normalized spacial score (nSPS) is 18.8. The van der Waals surface area contributed by atoms with Gasteiger partial charge in [-0.3, -0.25) is 9.59 Å². The number of hydrogen-bond acceptors (Lipinski definition) is 5. The van der Waals surface area contributed by atoms with Crippen LogP contribution in [0.3, 0.4) is 0 Å². The number of allylic oxidation sites excluding steroid dienone is 3. The predicted octanol–water partition coefficient (Wildman–Crippen LogP) is 0.277. The number of nitrogens with one attached hydrogen (secondary N) is 1. The van der Waals surface area contributed by atoms with E-state index in [0.717, 1.165) is 36.2 Å². The number of aliphatic hydroxyl groups is 1. The number of fused-ring (bicyclic) bond motifs is 1. The van der Waals surface area contributed by atoms with Gasteiger partial charge in [-0.15, -0.1) is 6.42 Å². The summed E-state index contributed by atoms with van der Waals surface area (Å²) in [5.74, 6) is 1.95. The van der Waals surface area contributed by atoms with Crippen molar-refractivity contribution in [1.29, 1.82) is 0 Å². The van der Waals surface area contributed by atoms with E-state index in [4.69, 9.17) is 17.3 Å². The van der Waals surface area contributed by atoms with Crippen LogP contribution in [0, 0.1) is 12.3 Å². The van der Waals surface area contributed by atoms with Crippen molar-refractivity contribution in [3.63, 3.8) is 0 Å². The number of terminal acetylenes is 1. The van der Waals surface area contributed by atoms with E-state index < -0.39 is 12.0 Å². The van der Waals surface area contributed by atoms with Crippen molar-refractivity contribution in [1.82, 2.24) is 20.0 Å². The van der Waals surface area contributed by atoms with Gasteiger partial charge in [0.2, 0.25) is 0 Å². The fourth-order valence-electron chi connectivity index (χ4n) is 3.10. The molecule has 28 heavy (non-hydrogen) atoms. The maximum atomic E-state index is 11.5. The summed E-state index contributed by atoms with van der Waals surface area (Å²) < 4.78 is 1.68. The van der Waals surface area contributed by atoms with Crippen molar-refractivity contribution in [3.8, 4) is 12.3 Å². The van der Waals surface area contributed by atoms with Crippen LogP contribution in [0.25, 0.3) is 5.70 Å². The fourth-order valence-corrected chi connectivity index (χ4v) is 3.10. The van der Waals surface area contributed by atoms with Crippen LogP contribution in [0.15, 0.2) is 18.2 Å². The van der Waals surface area contributed by atoms with Gasteiger partial charge in [0.25, 0.3) is 11.8 Å². The lowest BCUT2D eigenvalue weighted by atomic mass is 10.1. The van der Waals surface area contributed by atoms with Crippen LogP contribution < -0.4 is 11.1 Å². The Hall–Kier alpha value is -2.89. The number of likely N-dealkylation sites (tertiary alicyclic amines) is 1. The van der Waals surface area contributed by atoms with Crippen LogP contribution in [0.5, 0.6) is 0 Å². The molecule has 1 aromatic rings. The van der Waals surface area contributed by atoms with Crippen LogP contribution in [0.4, 0.5) is 0 Å². The Kier molecular flexibility index (Phi) is 7.15. The Morgan fingerprint density at radius 1 is 1.57 bits per heavy atom. The van der Waals surface area contributed by atoms with Crippen molar-refractivity contribution >= 4 is 17.5 Å². The molecule has 150 valence electrons. The summed E-state index contributed by atoms with van der Waals surface area (Å²) in [6.45, 7) is 8.11. The molecule has 3 rings (SSSR count). The molecule has 8 heteroatoms. The first-order valence-electron chi connectivity index (χ1n) is 9.20. The minimum Gasteiger partial charge on any atom is -0.383 e. The first kappa shape index (κ1) is 21.4. The molecular formula is C20H27N5O3. The molecule has 4 N–H and O–H groups in total. The van der Waals surface area contributed by atoms with Crippen molar-refractivity contribution in [2.75, 3.05) is 20.1 Å². The molecule has 2 aliphatic heterocycles. The van der Waals surface area contributed by atoms with Gasteiger partial charge in [-0.2, -0.15) is 5.10 Å². The average molecular weight is 385 g/mol. The third-order valence-corrected chi connectivity index (χ3v) is 4.74. The van der Waals surface area contributed by atoms with Crippen molar-refractivity contribution in [3.05, 3.63) is 35.2 Å². The monoisotopic (exact) mass is 385 g/mol. The number of aliphatic hydroxyl groups excluding tert-OH is 1. The second kappa shape index (κ2) is 9.35. The quantitative estimate of drug-likeness (QED) is 0.509. The van der Waals surface area contributed by atoms with Gasteiger partial charge in [0.1, 0.15) is 6.10 Å². The fraction of sp³-hybridized carbons (Fsp3) is 0.450. The highest BCUT2D eigenvalue weighted by Gasteiger charge is 2.26. The number of likely N-dealkylation sites (N-methyl/N-ethyl adjacent to an activating group) is 1. The molecule has 1 aromatic heterocycles. The molecule has 1 fully saturated rings. The number of carbonyl (C=O) groups is 2. The standard InChI is InChI=1S/C15H18N4O.C5H9NO2/c1-4-11(5-2)8-10(3)19-13-6-7-17-9-12(13)14(18-19)15(16)20;1-6-3-2-4(7)5(6)8/h1,8,17H,3,5-7,9H2,2H3,(H2,16,20);4,7H,2-3H2,1H3/b11-8-;. The summed E-state index contributed by atoms with van der Waals surface area (Å²) in [4.78, 5) is 23.6. The highest BCUT2D eigenvalue weighted by molar-refractivity contribution is 5.93. The minimum atomic E-state index is -0.722. The Balaban J connectivity index is 0.000000292. The lowest BCUT2D eigenvalue weighted by Gasteiger charge is -2.15. The molecule has 0 aliphatic carbocycles. The molecule has 3 heterocycles. The molecule has 1 atom stereocenters. The number of nitrogens with two attached hydrogens (primary N) is 1. The Bertz CT molecular complexity index is 835. The average Bonchev–Trinajstić information content (AvgIpc) is 3.22. The van der Waals surface area contributed by atoms with Gasteiger partial charge in [-0.1, -0.05) is 19.4 Å². The maximum Gasteiger partial charge on any atom is 0.269 e. The second-order valence-corrected chi connectivity index (χ2v) is 6.70. The lowest BCUT2D eigenvalue weighted by molar-refractivity contribution is -0.133. The lowest BCUT2D eigenvalue weighted by Crippen LogP contribution is -2.26. The minimum absolute atomic E-state index is 0.148. The van der Waals surface area contributed by atoms with Crippen LogP contribution in [0.2, 0.25) is 0 Å². The van der Waals surface area contributed by atoms with Crippen LogP contribution in [-0.2, 0) is 17.8 Å². The Morgan fingerprint density at radius 3 is 2.75 bits per heavy atom. The van der Waals surface area contributed by atoms with Gasteiger partial charge in [-0.05, 0) is 18.9 Å². The van der Waals surface area contributed by atoms with E-state index in [0.29, 0.717) is 30.9 Å². The van der Waals surface area contributed by atoms with Crippen molar-refractivity contribution < 1.29 is 14.7 Å². The molecule has 0 radical (unpaired) electrons. The SMILES string of the molecule is C#C/C(=C/C(=C)n1nc(C(N)=O)c2c1CCNC2)CC.CN1CCC(O)C1=O. The smallest absolute Gasteiger partial charge is 0.269 e. The van der Waals surface area contributed by atoms with Gasteiger partial charge in [0.05, 0.1) is 11.4 Å². The number of nitrogens with zero attached hydrogens (tertiary/aromatic N) is 3. The van der Waals surface area contributed by atoms with E-state index in [2.05, 4.69) is 22.9 Å². The predicted molar refractivity (Wildman–Crippen MR) is 107 cm³/mol. The van der Waals surface area contributed by atoms with Gasteiger partial charge in [0.15, 0.2) is 5.69 Å². The van der Waals surface area contributed by atoms with Crippen molar-refractivity contribution in [2.24, 2.45) is 5.73 Å². The highest BCUT2D eigenvalue weighted by atomic mass is 16.3. The zero-order chi connectivity index (χ0) is 20.8. The zero-order valence-electron chi connectivity index (χ0n) is 16.4. The number of rotatable bonds is 4. The van der Waals surface area contributed by atoms with Gasteiger partial charge in [-0.25, -0.2) is 4.68 Å². The second-order valence-electron chi connectivity index (χ2n) is 6.70. The molecule has 0 saturated carbocycles. The molecule has 2 aliphatic rings. The Morgan fingerprint density at radius 2 is 2.29 bits per heavy atom. The Labute approximate surface area is 165 Å². The largest absolute Gasteiger partial charge is 0.383 e. The van der Waals surface area contributed by atoms with Crippen molar-refractivity contribution in [2.45, 2.75) is 38.8 Å². The van der Waals surface area contributed by atoms with E-state index >= 15 is 0 Å². The van der Waals surface area contributed by atoms with E-state index in [1.54, 1.807) is 11.7 Å². The summed E-state index contributed by atoms with van der Waals surface area (Å²) in [5.41, 5.74) is 9.03. The third kappa shape index (κ3) is 4.68. The number of primary amides is 1. The number of amides is 2. The van der Waals surface area contributed by atoms with E-state index in [1.165, 1.54) is 4.90 Å². The number of carbonyl (C=O) groups excluding carboxylic acids is 2. The zero-order valence-corrected chi connectivity index (χ0v) is 16.4. The summed E-state index contributed by atoms with van der Waals surface area (Å²) >= 11 is 0. The highest BCUT2D eigenvalue weighted by Crippen LogP contribution is 2.22. The van der Waals surface area contributed by atoms with E-state index in [-0.39, 0.29) is 5.91 Å². The molecule has 0 bridgehead atoms. The summed E-state index contributed by atoms with van der Waals surface area (Å²) in [5, 5.41) is 16.3.